The van der Waals surface area contributed by atoms with E-state index in [4.69, 9.17) is 10.5 Å². The van der Waals surface area contributed by atoms with Gasteiger partial charge in [-0.15, -0.1) is 12.4 Å². The Morgan fingerprint density at radius 1 is 1.32 bits per heavy atom. The molecule has 1 aromatic carbocycles. The first-order valence-electron chi connectivity index (χ1n) is 7.89. The summed E-state index contributed by atoms with van der Waals surface area (Å²) in [6, 6.07) is 7.94. The Kier molecular flexibility index (Phi) is 8.46. The van der Waals surface area contributed by atoms with Crippen LogP contribution in [0, 0.1) is 0 Å². The van der Waals surface area contributed by atoms with Crippen molar-refractivity contribution in [1.82, 2.24) is 0 Å². The third-order valence-corrected chi connectivity index (χ3v) is 3.85. The maximum atomic E-state index is 11.7. The zero-order chi connectivity index (χ0) is 15.1. The normalized spacial score (nSPS) is 16.1. The van der Waals surface area contributed by atoms with Crippen LogP contribution < -0.4 is 11.1 Å². The highest BCUT2D eigenvalue weighted by Crippen LogP contribution is 2.22. The van der Waals surface area contributed by atoms with Crippen LogP contribution in [0.2, 0.25) is 0 Å². The molecule has 0 saturated heterocycles. The number of hydrogen-bond acceptors (Lipinski definition) is 3. The Bertz CT molecular complexity index is 442. The molecule has 2 rings (SSSR count). The van der Waals surface area contributed by atoms with Gasteiger partial charge in [-0.05, 0) is 43.9 Å². The first-order chi connectivity index (χ1) is 10.1. The maximum absolute atomic E-state index is 11.7. The number of carbonyl (C=O) groups excluding carboxylic acids is 1. The predicted octanol–water partition coefficient (Wildman–Crippen LogP) is 3.63. The summed E-state index contributed by atoms with van der Waals surface area (Å²) in [5.41, 5.74) is 7.62. The summed E-state index contributed by atoms with van der Waals surface area (Å²) >= 11 is 0. The highest BCUT2D eigenvalue weighted by Gasteiger charge is 2.15. The Hall–Kier alpha value is -1.10. The summed E-state index contributed by atoms with van der Waals surface area (Å²) in [5.74, 6) is 0.0160. The van der Waals surface area contributed by atoms with Gasteiger partial charge in [0, 0.05) is 18.2 Å². The maximum Gasteiger partial charge on any atom is 0.224 e. The van der Waals surface area contributed by atoms with E-state index in [0.717, 1.165) is 11.3 Å². The Morgan fingerprint density at radius 3 is 2.55 bits per heavy atom. The molecule has 0 bridgehead atoms. The molecule has 1 unspecified atom stereocenters. The minimum Gasteiger partial charge on any atom is -0.374 e. The fraction of sp³-hybridized carbons (Fsp3) is 0.588. The summed E-state index contributed by atoms with van der Waals surface area (Å²) in [6.45, 7) is 2.57. The lowest BCUT2D eigenvalue weighted by atomic mass is 10.2. The molecule has 0 aliphatic heterocycles. The molecule has 124 valence electrons. The van der Waals surface area contributed by atoms with Gasteiger partial charge >= 0.3 is 0 Å². The van der Waals surface area contributed by atoms with E-state index in [0.29, 0.717) is 25.6 Å². The summed E-state index contributed by atoms with van der Waals surface area (Å²) in [5, 5.41) is 2.89. The molecule has 0 spiro atoms. The third-order valence-electron chi connectivity index (χ3n) is 3.85. The molecule has 4 nitrogen and oxygen atoms in total. The molecule has 1 atom stereocenters. The summed E-state index contributed by atoms with van der Waals surface area (Å²) in [7, 11) is 0. The topological polar surface area (TPSA) is 64.4 Å². The van der Waals surface area contributed by atoms with Crippen LogP contribution in [0.25, 0.3) is 0 Å². The lowest BCUT2D eigenvalue weighted by Crippen LogP contribution is -2.19. The van der Waals surface area contributed by atoms with Gasteiger partial charge in [0.1, 0.15) is 0 Å². The molecule has 5 heteroatoms. The smallest absolute Gasteiger partial charge is 0.224 e. The van der Waals surface area contributed by atoms with E-state index in [1.54, 1.807) is 0 Å². The van der Waals surface area contributed by atoms with Crippen molar-refractivity contribution in [2.75, 3.05) is 5.32 Å². The first kappa shape index (κ1) is 18.9. The second-order valence-corrected chi connectivity index (χ2v) is 5.98. The molecule has 0 radical (unpaired) electrons. The van der Waals surface area contributed by atoms with Crippen molar-refractivity contribution in [2.45, 2.75) is 64.2 Å². The van der Waals surface area contributed by atoms with Gasteiger partial charge in [-0.25, -0.2) is 0 Å². The van der Waals surface area contributed by atoms with E-state index in [-0.39, 0.29) is 24.4 Å². The van der Waals surface area contributed by atoms with Gasteiger partial charge in [0.15, 0.2) is 0 Å². The minimum absolute atomic E-state index is 0. The average Bonchev–Trinajstić information content (AvgIpc) is 2.98. The monoisotopic (exact) mass is 326 g/mol. The van der Waals surface area contributed by atoms with Crippen molar-refractivity contribution < 1.29 is 9.53 Å². The molecular weight excluding hydrogens is 300 g/mol. The van der Waals surface area contributed by atoms with Gasteiger partial charge in [0.25, 0.3) is 0 Å². The number of nitrogens with two attached hydrogens (primary N) is 1. The van der Waals surface area contributed by atoms with Crippen LogP contribution in [-0.2, 0) is 16.1 Å². The highest BCUT2D eigenvalue weighted by molar-refractivity contribution is 5.90. The van der Waals surface area contributed by atoms with E-state index in [1.807, 2.05) is 31.2 Å². The molecule has 3 N–H and O–H groups in total. The Morgan fingerprint density at radius 2 is 1.95 bits per heavy atom. The molecule has 0 aromatic heterocycles. The molecule has 1 aliphatic rings. The molecular formula is C17H27ClN2O2. The zero-order valence-corrected chi connectivity index (χ0v) is 14.0. The first-order valence-corrected chi connectivity index (χ1v) is 7.89. The fourth-order valence-electron chi connectivity index (χ4n) is 2.54. The van der Waals surface area contributed by atoms with Crippen molar-refractivity contribution >= 4 is 24.0 Å². The van der Waals surface area contributed by atoms with Crippen LogP contribution in [0.1, 0.15) is 51.0 Å². The van der Waals surface area contributed by atoms with E-state index in [2.05, 4.69) is 5.32 Å². The van der Waals surface area contributed by atoms with Gasteiger partial charge in [0.2, 0.25) is 5.91 Å². The quantitative estimate of drug-likeness (QED) is 0.804. The lowest BCUT2D eigenvalue weighted by molar-refractivity contribution is -0.116. The number of nitrogens with one attached hydrogen (secondary N) is 1. The molecule has 1 aliphatic carbocycles. The number of benzene rings is 1. The van der Waals surface area contributed by atoms with Crippen LogP contribution in [0.3, 0.4) is 0 Å². The lowest BCUT2D eigenvalue weighted by Gasteiger charge is -2.11. The van der Waals surface area contributed by atoms with Crippen molar-refractivity contribution in [3.05, 3.63) is 29.8 Å². The van der Waals surface area contributed by atoms with Crippen LogP contribution in [-0.4, -0.2) is 18.1 Å². The molecule has 1 saturated carbocycles. The molecule has 0 heterocycles. The van der Waals surface area contributed by atoms with Crippen LogP contribution >= 0.6 is 12.4 Å². The van der Waals surface area contributed by atoms with Gasteiger partial charge in [-0.2, -0.15) is 0 Å². The summed E-state index contributed by atoms with van der Waals surface area (Å²) < 4.78 is 5.87. The number of halogens is 1. The fourth-order valence-corrected chi connectivity index (χ4v) is 2.54. The van der Waals surface area contributed by atoms with E-state index in [1.165, 1.54) is 25.7 Å². The number of amides is 1. The van der Waals surface area contributed by atoms with Crippen LogP contribution in [0.5, 0.6) is 0 Å². The number of ether oxygens (including phenoxy) is 1. The van der Waals surface area contributed by atoms with Crippen molar-refractivity contribution in [3.63, 3.8) is 0 Å². The van der Waals surface area contributed by atoms with E-state index >= 15 is 0 Å². The number of anilines is 1. The Balaban J connectivity index is 0.00000242. The van der Waals surface area contributed by atoms with Crippen LogP contribution in [0.4, 0.5) is 5.69 Å². The van der Waals surface area contributed by atoms with Crippen molar-refractivity contribution in [3.8, 4) is 0 Å². The summed E-state index contributed by atoms with van der Waals surface area (Å²) in [4.78, 5) is 11.7. The Labute approximate surface area is 139 Å². The number of rotatable bonds is 7. The van der Waals surface area contributed by atoms with Crippen LogP contribution in [0.15, 0.2) is 24.3 Å². The standard InChI is InChI=1S/C17H26N2O2.ClH/c1-13(18)6-11-17(20)19-15-9-7-14(8-10-15)12-21-16-4-2-3-5-16;/h7-10,13,16H,2-6,11-12,18H2,1H3,(H,19,20);1H. The van der Waals surface area contributed by atoms with Crippen molar-refractivity contribution in [1.29, 1.82) is 0 Å². The van der Waals surface area contributed by atoms with E-state index < -0.39 is 0 Å². The average molecular weight is 327 g/mol. The zero-order valence-electron chi connectivity index (χ0n) is 13.2. The summed E-state index contributed by atoms with van der Waals surface area (Å²) in [6.07, 6.45) is 6.56. The number of carbonyl (C=O) groups is 1. The molecule has 1 aromatic rings. The molecule has 22 heavy (non-hydrogen) atoms. The SMILES string of the molecule is CC(N)CCC(=O)Nc1ccc(COC2CCCC2)cc1.Cl. The van der Waals surface area contributed by atoms with Crippen molar-refractivity contribution in [2.24, 2.45) is 5.73 Å². The van der Waals surface area contributed by atoms with Gasteiger partial charge in [-0.1, -0.05) is 25.0 Å². The van der Waals surface area contributed by atoms with E-state index in [9.17, 15) is 4.79 Å². The van der Waals surface area contributed by atoms with Gasteiger partial charge in [0.05, 0.1) is 12.7 Å². The molecule has 1 fully saturated rings. The predicted molar refractivity (Wildman–Crippen MR) is 92.2 cm³/mol. The highest BCUT2D eigenvalue weighted by atomic mass is 35.5. The molecule has 1 amide bonds. The largest absolute Gasteiger partial charge is 0.374 e. The minimum atomic E-state index is 0. The van der Waals surface area contributed by atoms with Gasteiger partial charge in [-0.3, -0.25) is 4.79 Å². The second kappa shape index (κ2) is 9.82. The number of hydrogen-bond donors (Lipinski definition) is 2. The van der Waals surface area contributed by atoms with Gasteiger partial charge < -0.3 is 15.8 Å². The second-order valence-electron chi connectivity index (χ2n) is 5.98. The third kappa shape index (κ3) is 6.77.